The molecule has 3 heteroatoms. The largest absolute Gasteiger partial charge is 0.310 e. The van der Waals surface area contributed by atoms with Crippen molar-refractivity contribution in [1.29, 1.82) is 0 Å². The number of pyridine rings is 1. The first-order chi connectivity index (χ1) is 9.71. The van der Waals surface area contributed by atoms with Crippen molar-refractivity contribution in [2.75, 3.05) is 0 Å². The fourth-order valence-corrected chi connectivity index (χ4v) is 2.12. The van der Waals surface area contributed by atoms with Gasteiger partial charge in [-0.25, -0.2) is 0 Å². The monoisotopic (exact) mass is 265 g/mol. The molecule has 0 bridgehead atoms. The molecule has 2 rings (SSSR count). The fraction of sp³-hybridized carbons (Fsp3) is 0.0588. The highest BCUT2D eigenvalue weighted by Crippen LogP contribution is 2.14. The van der Waals surface area contributed by atoms with Crippen molar-refractivity contribution >= 4 is 17.1 Å². The van der Waals surface area contributed by atoms with Gasteiger partial charge in [-0.15, -0.1) is 0 Å². The number of carbonyl (C=O) groups is 1. The van der Waals surface area contributed by atoms with Gasteiger partial charge in [-0.05, 0) is 17.0 Å². The Labute approximate surface area is 117 Å². The van der Waals surface area contributed by atoms with Gasteiger partial charge in [-0.1, -0.05) is 49.6 Å². The van der Waals surface area contributed by atoms with Gasteiger partial charge in [-0.3, -0.25) is 9.59 Å². The molecule has 0 saturated heterocycles. The average molecular weight is 265 g/mol. The Hall–Kier alpha value is -2.68. The number of nitrogens with zero attached hydrogens (tertiary/aromatic N) is 1. The van der Waals surface area contributed by atoms with Gasteiger partial charge in [0.15, 0.2) is 6.29 Å². The van der Waals surface area contributed by atoms with E-state index in [0.717, 1.165) is 11.9 Å². The van der Waals surface area contributed by atoms with Crippen LogP contribution >= 0.6 is 0 Å². The maximum Gasteiger partial charge on any atom is 0.258 e. The predicted molar refractivity (Wildman–Crippen MR) is 82.1 cm³/mol. The molecular weight excluding hydrogens is 250 g/mol. The second-order valence-corrected chi connectivity index (χ2v) is 4.36. The van der Waals surface area contributed by atoms with Crippen LogP contribution < -0.4 is 5.56 Å². The summed E-state index contributed by atoms with van der Waals surface area (Å²) >= 11 is 0. The van der Waals surface area contributed by atoms with Crippen molar-refractivity contribution in [3.63, 3.8) is 0 Å². The first kappa shape index (κ1) is 13.7. The number of hydrogen-bond acceptors (Lipinski definition) is 2. The Balaban J connectivity index is 2.66. The van der Waals surface area contributed by atoms with Crippen molar-refractivity contribution in [1.82, 2.24) is 4.57 Å². The van der Waals surface area contributed by atoms with Gasteiger partial charge in [0.1, 0.15) is 0 Å². The topological polar surface area (TPSA) is 39.1 Å². The van der Waals surface area contributed by atoms with Crippen LogP contribution in [0.3, 0.4) is 0 Å². The lowest BCUT2D eigenvalue weighted by Gasteiger charge is -2.09. The van der Waals surface area contributed by atoms with Gasteiger partial charge in [-0.2, -0.15) is 0 Å². The SMILES string of the molecule is C=C/C=C(\C=C)Cn1cc(C=O)c2ccccc2c1=O. The quantitative estimate of drug-likeness (QED) is 0.615. The molecule has 0 unspecified atom stereocenters. The molecule has 0 spiro atoms. The van der Waals surface area contributed by atoms with E-state index in [2.05, 4.69) is 13.2 Å². The zero-order chi connectivity index (χ0) is 14.5. The van der Waals surface area contributed by atoms with Crippen LogP contribution in [0.1, 0.15) is 10.4 Å². The molecule has 1 heterocycles. The molecule has 0 radical (unpaired) electrons. The number of carbonyl (C=O) groups excluding carboxylic acids is 1. The summed E-state index contributed by atoms with van der Waals surface area (Å²) in [4.78, 5) is 23.6. The summed E-state index contributed by atoms with van der Waals surface area (Å²) in [5.41, 5.74) is 1.24. The number of rotatable bonds is 5. The summed E-state index contributed by atoms with van der Waals surface area (Å²) < 4.78 is 1.52. The molecule has 20 heavy (non-hydrogen) atoms. The van der Waals surface area contributed by atoms with Crippen molar-refractivity contribution in [3.05, 3.63) is 83.3 Å². The minimum absolute atomic E-state index is 0.122. The Kier molecular flexibility index (Phi) is 4.11. The Morgan fingerprint density at radius 1 is 1.20 bits per heavy atom. The molecule has 1 aromatic heterocycles. The second kappa shape index (κ2) is 5.97. The van der Waals surface area contributed by atoms with Crippen LogP contribution in [0.25, 0.3) is 10.8 Å². The molecule has 0 aliphatic heterocycles. The molecular formula is C17H15NO2. The van der Waals surface area contributed by atoms with E-state index in [-0.39, 0.29) is 5.56 Å². The highest BCUT2D eigenvalue weighted by atomic mass is 16.1. The number of hydrogen-bond donors (Lipinski definition) is 0. The molecule has 3 nitrogen and oxygen atoms in total. The number of aldehydes is 1. The normalized spacial score (nSPS) is 11.3. The van der Waals surface area contributed by atoms with E-state index in [0.29, 0.717) is 22.9 Å². The first-order valence-corrected chi connectivity index (χ1v) is 6.22. The zero-order valence-corrected chi connectivity index (χ0v) is 11.1. The number of fused-ring (bicyclic) bond motifs is 1. The van der Waals surface area contributed by atoms with Gasteiger partial charge in [0, 0.05) is 17.1 Å². The summed E-state index contributed by atoms with van der Waals surface area (Å²) in [5.74, 6) is 0. The minimum atomic E-state index is -0.122. The third-order valence-electron chi connectivity index (χ3n) is 3.10. The van der Waals surface area contributed by atoms with E-state index in [1.165, 1.54) is 4.57 Å². The summed E-state index contributed by atoms with van der Waals surface area (Å²) in [7, 11) is 0. The third-order valence-corrected chi connectivity index (χ3v) is 3.10. The molecule has 0 aliphatic rings. The summed E-state index contributed by atoms with van der Waals surface area (Å²) in [6, 6.07) is 7.10. The maximum absolute atomic E-state index is 12.4. The molecule has 100 valence electrons. The van der Waals surface area contributed by atoms with Crippen LogP contribution in [0.5, 0.6) is 0 Å². The Morgan fingerprint density at radius 2 is 1.90 bits per heavy atom. The highest BCUT2D eigenvalue weighted by molar-refractivity contribution is 5.97. The van der Waals surface area contributed by atoms with Crippen molar-refractivity contribution in [2.24, 2.45) is 0 Å². The van der Waals surface area contributed by atoms with Crippen molar-refractivity contribution < 1.29 is 4.79 Å². The summed E-state index contributed by atoms with van der Waals surface area (Å²) in [6.45, 7) is 7.70. The van der Waals surface area contributed by atoms with Crippen LogP contribution in [0, 0.1) is 0 Å². The van der Waals surface area contributed by atoms with E-state index < -0.39 is 0 Å². The van der Waals surface area contributed by atoms with Crippen LogP contribution in [-0.4, -0.2) is 10.9 Å². The van der Waals surface area contributed by atoms with Gasteiger partial charge in [0.2, 0.25) is 0 Å². The van der Waals surface area contributed by atoms with Crippen LogP contribution in [0.15, 0.2) is 72.2 Å². The minimum Gasteiger partial charge on any atom is -0.310 e. The summed E-state index contributed by atoms with van der Waals surface area (Å²) in [6.07, 6.45) is 7.45. The van der Waals surface area contributed by atoms with Gasteiger partial charge in [0.05, 0.1) is 6.54 Å². The predicted octanol–water partition coefficient (Wildman–Crippen LogP) is 3.11. The second-order valence-electron chi connectivity index (χ2n) is 4.36. The number of aromatic nitrogens is 1. The molecule has 0 N–H and O–H groups in total. The van der Waals surface area contributed by atoms with Crippen LogP contribution in [-0.2, 0) is 6.54 Å². The van der Waals surface area contributed by atoms with Gasteiger partial charge in [0.25, 0.3) is 5.56 Å². The molecule has 0 aliphatic carbocycles. The standard InChI is InChI=1S/C17H15NO2/c1-3-7-13(4-2)10-18-11-14(12-19)15-8-5-6-9-16(15)17(18)20/h3-9,11-12H,1-2,10H2/b13-7+. The van der Waals surface area contributed by atoms with Crippen LogP contribution in [0.2, 0.25) is 0 Å². The van der Waals surface area contributed by atoms with E-state index in [1.807, 2.05) is 6.07 Å². The van der Waals surface area contributed by atoms with Gasteiger partial charge < -0.3 is 4.57 Å². The Morgan fingerprint density at radius 3 is 2.50 bits per heavy atom. The lowest BCUT2D eigenvalue weighted by Crippen LogP contribution is -2.21. The maximum atomic E-state index is 12.4. The third kappa shape index (κ3) is 2.52. The average Bonchev–Trinajstić information content (AvgIpc) is 2.49. The molecule has 0 atom stereocenters. The number of allylic oxidation sites excluding steroid dienone is 4. The molecule has 0 saturated carbocycles. The molecule has 0 amide bonds. The zero-order valence-electron chi connectivity index (χ0n) is 11.1. The first-order valence-electron chi connectivity index (χ1n) is 6.22. The van der Waals surface area contributed by atoms with Crippen LogP contribution in [0.4, 0.5) is 0 Å². The van der Waals surface area contributed by atoms with E-state index in [1.54, 1.807) is 42.6 Å². The number of benzene rings is 1. The Bertz CT molecular complexity index is 766. The summed E-state index contributed by atoms with van der Waals surface area (Å²) in [5, 5.41) is 1.22. The van der Waals surface area contributed by atoms with E-state index >= 15 is 0 Å². The lowest BCUT2D eigenvalue weighted by molar-refractivity contribution is 0.112. The van der Waals surface area contributed by atoms with E-state index in [4.69, 9.17) is 0 Å². The smallest absolute Gasteiger partial charge is 0.258 e. The molecule has 2 aromatic rings. The highest BCUT2D eigenvalue weighted by Gasteiger charge is 2.08. The van der Waals surface area contributed by atoms with E-state index in [9.17, 15) is 9.59 Å². The molecule has 0 fully saturated rings. The molecule has 1 aromatic carbocycles. The fourth-order valence-electron chi connectivity index (χ4n) is 2.12. The van der Waals surface area contributed by atoms with Gasteiger partial charge >= 0.3 is 0 Å². The lowest BCUT2D eigenvalue weighted by atomic mass is 10.1. The van der Waals surface area contributed by atoms with Crippen molar-refractivity contribution in [3.8, 4) is 0 Å². The van der Waals surface area contributed by atoms with Crippen molar-refractivity contribution in [2.45, 2.75) is 6.54 Å².